The van der Waals surface area contributed by atoms with Crippen LogP contribution in [-0.2, 0) is 6.54 Å². The van der Waals surface area contributed by atoms with Gasteiger partial charge in [0.1, 0.15) is 11.4 Å². The van der Waals surface area contributed by atoms with Gasteiger partial charge in [-0.3, -0.25) is 4.79 Å². The van der Waals surface area contributed by atoms with Crippen LogP contribution in [0.1, 0.15) is 42.0 Å². The largest absolute Gasteiger partial charge is 0.496 e. The molecule has 0 fully saturated rings. The SMILES string of the molecule is CCC(C)Nc1nc(C)cc(C(=O)NCc2ccccc2OC)n1. The van der Waals surface area contributed by atoms with Gasteiger partial charge < -0.3 is 15.4 Å². The molecule has 0 aliphatic heterocycles. The van der Waals surface area contributed by atoms with Crippen LogP contribution in [0.15, 0.2) is 30.3 Å². The molecular formula is C18H24N4O2. The van der Waals surface area contributed by atoms with Crippen molar-refractivity contribution in [2.75, 3.05) is 12.4 Å². The highest BCUT2D eigenvalue weighted by molar-refractivity contribution is 5.92. The van der Waals surface area contributed by atoms with Crippen LogP contribution in [0.3, 0.4) is 0 Å². The molecule has 0 bridgehead atoms. The maximum atomic E-state index is 12.4. The normalized spacial score (nSPS) is 11.7. The molecule has 2 N–H and O–H groups in total. The molecule has 0 spiro atoms. The fourth-order valence-electron chi connectivity index (χ4n) is 2.19. The summed E-state index contributed by atoms with van der Waals surface area (Å²) in [6.45, 7) is 6.35. The first-order chi connectivity index (χ1) is 11.5. The number of benzene rings is 1. The first-order valence-electron chi connectivity index (χ1n) is 8.05. The monoisotopic (exact) mass is 328 g/mol. The Morgan fingerprint density at radius 3 is 2.75 bits per heavy atom. The number of carbonyl (C=O) groups excluding carboxylic acids is 1. The van der Waals surface area contributed by atoms with Crippen LogP contribution in [0, 0.1) is 6.92 Å². The molecule has 2 aromatic rings. The number of methoxy groups -OCH3 is 1. The molecule has 1 unspecified atom stereocenters. The molecule has 1 amide bonds. The van der Waals surface area contributed by atoms with Crippen molar-refractivity contribution >= 4 is 11.9 Å². The van der Waals surface area contributed by atoms with Crippen molar-refractivity contribution in [1.82, 2.24) is 15.3 Å². The number of carbonyl (C=O) groups is 1. The number of nitrogens with zero attached hydrogens (tertiary/aromatic N) is 2. The standard InChI is InChI=1S/C18H24N4O2/c1-5-12(2)20-18-21-13(3)10-15(22-18)17(23)19-11-14-8-6-7-9-16(14)24-4/h6-10,12H,5,11H2,1-4H3,(H,19,23)(H,20,21,22). The zero-order valence-electron chi connectivity index (χ0n) is 14.6. The molecule has 0 aliphatic carbocycles. The number of anilines is 1. The molecule has 6 nitrogen and oxygen atoms in total. The zero-order valence-corrected chi connectivity index (χ0v) is 14.6. The summed E-state index contributed by atoms with van der Waals surface area (Å²) < 4.78 is 5.29. The lowest BCUT2D eigenvalue weighted by molar-refractivity contribution is 0.0945. The Hall–Kier alpha value is -2.63. The number of aromatic nitrogens is 2. The van der Waals surface area contributed by atoms with E-state index in [9.17, 15) is 4.79 Å². The fourth-order valence-corrected chi connectivity index (χ4v) is 2.19. The van der Waals surface area contributed by atoms with E-state index in [0.717, 1.165) is 23.4 Å². The summed E-state index contributed by atoms with van der Waals surface area (Å²) in [5, 5.41) is 6.07. The Morgan fingerprint density at radius 2 is 2.04 bits per heavy atom. The second-order valence-electron chi connectivity index (χ2n) is 5.67. The summed E-state index contributed by atoms with van der Waals surface area (Å²) in [4.78, 5) is 21.0. The smallest absolute Gasteiger partial charge is 0.270 e. The van der Waals surface area contributed by atoms with Gasteiger partial charge in [-0.15, -0.1) is 0 Å². The van der Waals surface area contributed by atoms with E-state index in [0.29, 0.717) is 18.2 Å². The number of hydrogen-bond acceptors (Lipinski definition) is 5. The molecule has 0 aliphatic rings. The quantitative estimate of drug-likeness (QED) is 0.817. The van der Waals surface area contributed by atoms with Crippen LogP contribution in [0.25, 0.3) is 0 Å². The molecule has 1 atom stereocenters. The van der Waals surface area contributed by atoms with Gasteiger partial charge in [-0.2, -0.15) is 0 Å². The van der Waals surface area contributed by atoms with Crippen molar-refractivity contribution in [2.45, 2.75) is 39.8 Å². The zero-order chi connectivity index (χ0) is 17.5. The summed E-state index contributed by atoms with van der Waals surface area (Å²) in [7, 11) is 1.61. The average Bonchev–Trinajstić information content (AvgIpc) is 2.59. The first-order valence-corrected chi connectivity index (χ1v) is 8.05. The summed E-state index contributed by atoms with van der Waals surface area (Å²) >= 11 is 0. The molecular weight excluding hydrogens is 304 g/mol. The van der Waals surface area contributed by atoms with E-state index in [1.54, 1.807) is 13.2 Å². The third-order valence-corrected chi connectivity index (χ3v) is 3.71. The lowest BCUT2D eigenvalue weighted by Gasteiger charge is -2.13. The van der Waals surface area contributed by atoms with Gasteiger partial charge in [-0.1, -0.05) is 25.1 Å². The van der Waals surface area contributed by atoms with E-state index < -0.39 is 0 Å². The van der Waals surface area contributed by atoms with E-state index in [4.69, 9.17) is 4.74 Å². The Labute approximate surface area is 142 Å². The topological polar surface area (TPSA) is 76.1 Å². The number of para-hydroxylation sites is 1. The van der Waals surface area contributed by atoms with Crippen molar-refractivity contribution < 1.29 is 9.53 Å². The minimum absolute atomic E-state index is 0.237. The number of rotatable bonds is 7. The summed E-state index contributed by atoms with van der Waals surface area (Å²) in [6.07, 6.45) is 0.951. The van der Waals surface area contributed by atoms with Crippen LogP contribution >= 0.6 is 0 Å². The number of nitrogens with one attached hydrogen (secondary N) is 2. The van der Waals surface area contributed by atoms with Gasteiger partial charge >= 0.3 is 0 Å². The van der Waals surface area contributed by atoms with Gasteiger partial charge in [0.25, 0.3) is 5.91 Å². The van der Waals surface area contributed by atoms with Gasteiger partial charge in [0.2, 0.25) is 5.95 Å². The van der Waals surface area contributed by atoms with Crippen molar-refractivity contribution in [2.24, 2.45) is 0 Å². The molecule has 1 aromatic carbocycles. The van der Waals surface area contributed by atoms with Crippen LogP contribution in [0.4, 0.5) is 5.95 Å². The molecule has 24 heavy (non-hydrogen) atoms. The third-order valence-electron chi connectivity index (χ3n) is 3.71. The van der Waals surface area contributed by atoms with E-state index in [-0.39, 0.29) is 11.9 Å². The van der Waals surface area contributed by atoms with Crippen LogP contribution in [0.2, 0.25) is 0 Å². The minimum Gasteiger partial charge on any atom is -0.496 e. The number of hydrogen-bond donors (Lipinski definition) is 2. The molecule has 1 heterocycles. The van der Waals surface area contributed by atoms with Crippen molar-refractivity contribution in [3.63, 3.8) is 0 Å². The van der Waals surface area contributed by atoms with E-state index >= 15 is 0 Å². The molecule has 128 valence electrons. The number of amides is 1. The van der Waals surface area contributed by atoms with Gasteiger partial charge in [-0.05, 0) is 32.4 Å². The maximum Gasteiger partial charge on any atom is 0.270 e. The van der Waals surface area contributed by atoms with Crippen LogP contribution in [0.5, 0.6) is 5.75 Å². The highest BCUT2D eigenvalue weighted by Crippen LogP contribution is 2.17. The molecule has 0 radical (unpaired) electrons. The first kappa shape index (κ1) is 17.7. The van der Waals surface area contributed by atoms with Crippen molar-refractivity contribution in [3.05, 3.63) is 47.3 Å². The summed E-state index contributed by atoms with van der Waals surface area (Å²) in [5.74, 6) is 0.987. The fraction of sp³-hybridized carbons (Fsp3) is 0.389. The van der Waals surface area contributed by atoms with E-state index in [2.05, 4.69) is 27.5 Å². The number of aryl methyl sites for hydroxylation is 1. The summed E-state index contributed by atoms with van der Waals surface area (Å²) in [6, 6.07) is 9.51. The van der Waals surface area contributed by atoms with Crippen LogP contribution in [-0.4, -0.2) is 29.0 Å². The number of ether oxygens (including phenoxy) is 1. The van der Waals surface area contributed by atoms with Crippen LogP contribution < -0.4 is 15.4 Å². The van der Waals surface area contributed by atoms with E-state index in [1.165, 1.54) is 0 Å². The van der Waals surface area contributed by atoms with E-state index in [1.807, 2.05) is 38.1 Å². The molecule has 1 aromatic heterocycles. The van der Waals surface area contributed by atoms with Gasteiger partial charge in [0.05, 0.1) is 7.11 Å². The predicted molar refractivity (Wildman–Crippen MR) is 94.3 cm³/mol. The van der Waals surface area contributed by atoms with Gasteiger partial charge in [0, 0.05) is 23.8 Å². The Bertz CT molecular complexity index is 703. The summed E-state index contributed by atoms with van der Waals surface area (Å²) in [5.41, 5.74) is 2.01. The Morgan fingerprint density at radius 1 is 1.29 bits per heavy atom. The lowest BCUT2D eigenvalue weighted by atomic mass is 10.2. The molecule has 0 saturated carbocycles. The predicted octanol–water partition coefficient (Wildman–Crippen LogP) is 2.93. The average molecular weight is 328 g/mol. The van der Waals surface area contributed by atoms with Crippen molar-refractivity contribution in [1.29, 1.82) is 0 Å². The third kappa shape index (κ3) is 4.68. The Balaban J connectivity index is 2.09. The highest BCUT2D eigenvalue weighted by Gasteiger charge is 2.12. The second kappa shape index (κ2) is 8.29. The van der Waals surface area contributed by atoms with Gasteiger partial charge in [0.15, 0.2) is 0 Å². The minimum atomic E-state index is -0.237. The van der Waals surface area contributed by atoms with Crippen molar-refractivity contribution in [3.8, 4) is 5.75 Å². The second-order valence-corrected chi connectivity index (χ2v) is 5.67. The highest BCUT2D eigenvalue weighted by atomic mass is 16.5. The lowest BCUT2D eigenvalue weighted by Crippen LogP contribution is -2.25. The molecule has 2 rings (SSSR count). The molecule has 6 heteroatoms. The molecule has 0 saturated heterocycles. The van der Waals surface area contributed by atoms with Gasteiger partial charge in [-0.25, -0.2) is 9.97 Å². The Kier molecular flexibility index (Phi) is 6.12. The maximum absolute atomic E-state index is 12.4.